The van der Waals surface area contributed by atoms with Crippen LogP contribution < -0.4 is 0 Å². The second kappa shape index (κ2) is 16.0. The highest BCUT2D eigenvalue weighted by atomic mass is 33.5. The minimum atomic E-state index is -1.78. The van der Waals surface area contributed by atoms with Crippen molar-refractivity contribution in [2.24, 2.45) is 0 Å². The van der Waals surface area contributed by atoms with Crippen LogP contribution in [0.5, 0.6) is 0 Å². The first kappa shape index (κ1) is 24.4. The van der Waals surface area contributed by atoms with Gasteiger partial charge in [-0.2, -0.15) is 0 Å². The van der Waals surface area contributed by atoms with Gasteiger partial charge in [0.25, 0.3) is 0 Å². The van der Waals surface area contributed by atoms with Gasteiger partial charge in [-0.3, -0.25) is 14.2 Å². The first-order valence-electron chi connectivity index (χ1n) is 6.88. The minimum absolute atomic E-state index is 0.232. The molecule has 0 saturated heterocycles. The molecule has 0 atom stereocenters. The lowest BCUT2D eigenvalue weighted by Gasteiger charge is -2.26. The van der Waals surface area contributed by atoms with E-state index in [0.717, 1.165) is 0 Å². The molecule has 0 fully saturated rings. The van der Waals surface area contributed by atoms with Crippen LogP contribution in [0.3, 0.4) is 0 Å². The van der Waals surface area contributed by atoms with Gasteiger partial charge in [0.2, 0.25) is 0 Å². The van der Waals surface area contributed by atoms with E-state index in [2.05, 4.69) is 20.4 Å². The van der Waals surface area contributed by atoms with Crippen molar-refractivity contribution in [3.05, 3.63) is 12.2 Å². The molecule has 0 aliphatic heterocycles. The van der Waals surface area contributed by atoms with E-state index < -0.39 is 12.1 Å². The van der Waals surface area contributed by atoms with Crippen molar-refractivity contribution >= 4 is 37.4 Å². The molecule has 8 heteroatoms. The molecule has 0 bridgehead atoms. The summed E-state index contributed by atoms with van der Waals surface area (Å²) in [7, 11) is 9.75. The Morgan fingerprint density at radius 1 is 1.00 bits per heavy atom. The van der Waals surface area contributed by atoms with Crippen LogP contribution in [0.2, 0.25) is 0 Å². The van der Waals surface area contributed by atoms with Gasteiger partial charge >= 0.3 is 12.1 Å². The predicted octanol–water partition coefficient (Wildman–Crippen LogP) is 4.49. The summed E-state index contributed by atoms with van der Waals surface area (Å²) in [6.45, 7) is 9.35. The molecule has 132 valence electrons. The van der Waals surface area contributed by atoms with Crippen molar-refractivity contribution in [1.29, 1.82) is 0 Å². The van der Waals surface area contributed by atoms with E-state index >= 15 is 0 Å². The van der Waals surface area contributed by atoms with E-state index in [-0.39, 0.29) is 5.57 Å². The molecule has 0 aliphatic carbocycles. The monoisotopic (exact) mass is 372 g/mol. The molecule has 5 nitrogen and oxygen atoms in total. The van der Waals surface area contributed by atoms with Crippen LogP contribution in [0.1, 0.15) is 33.6 Å². The van der Waals surface area contributed by atoms with E-state index in [9.17, 15) is 4.79 Å². The Morgan fingerprint density at radius 3 is 1.68 bits per heavy atom. The fourth-order valence-corrected chi connectivity index (χ4v) is 4.83. The summed E-state index contributed by atoms with van der Waals surface area (Å²) < 4.78 is 18.9. The predicted molar refractivity (Wildman–Crippen MR) is 97.8 cm³/mol. The van der Waals surface area contributed by atoms with Crippen molar-refractivity contribution in [1.82, 2.24) is 0 Å². The molecule has 22 heavy (non-hydrogen) atoms. The minimum Gasteiger partial charge on any atom is -0.380 e. The van der Waals surface area contributed by atoms with Gasteiger partial charge in [0.1, 0.15) is 0 Å². The van der Waals surface area contributed by atoms with Crippen LogP contribution in [0.15, 0.2) is 12.2 Å². The third kappa shape index (κ3) is 12.7. The molecule has 0 unspecified atom stereocenters. The fraction of sp³-hybridized carbons (Fsp3) is 0.786. The summed E-state index contributed by atoms with van der Waals surface area (Å²) in [6.07, 6.45) is 0.810. The fourth-order valence-electron chi connectivity index (χ4n) is 0.844. The number of esters is 1. The third-order valence-electron chi connectivity index (χ3n) is 1.99. The maximum absolute atomic E-state index is 11.1. The van der Waals surface area contributed by atoms with E-state index in [1.165, 1.54) is 52.6 Å². The molecule has 0 aromatic heterocycles. The highest BCUT2D eigenvalue weighted by Crippen LogP contribution is 2.34. The summed E-state index contributed by atoms with van der Waals surface area (Å²) in [6, 6.07) is 0. The molecule has 0 N–H and O–H groups in total. The number of carbonyl (C=O) groups is 1. The molecule has 0 radical (unpaired) electrons. The zero-order valence-electron chi connectivity index (χ0n) is 14.3. The molecule has 0 spiro atoms. The average molecular weight is 373 g/mol. The highest BCUT2D eigenvalue weighted by Gasteiger charge is 2.35. The van der Waals surface area contributed by atoms with E-state index in [1.807, 2.05) is 31.4 Å². The van der Waals surface area contributed by atoms with Crippen molar-refractivity contribution < 1.29 is 23.7 Å². The van der Waals surface area contributed by atoms with E-state index in [4.69, 9.17) is 18.9 Å². The Balaban J connectivity index is 0. The first-order chi connectivity index (χ1) is 10.4. The standard InChI is InChI=1S/C8H14O5.C6H14S3/c1-6(2)7(9)13-8(10-3,11-4)12-5;1-3-5-7-9-8-6-4-2/h1H2,2-5H3;3-6H2,1-2H3. The van der Waals surface area contributed by atoms with Gasteiger partial charge in [-0.15, -0.1) is 0 Å². The topological polar surface area (TPSA) is 54.0 Å². The van der Waals surface area contributed by atoms with Gasteiger partial charge in [0, 0.05) is 38.4 Å². The molecule has 0 rings (SSSR count). The van der Waals surface area contributed by atoms with Gasteiger partial charge < -0.3 is 4.74 Å². The Bertz CT molecular complexity index is 282. The van der Waals surface area contributed by atoms with Crippen molar-refractivity contribution in [2.45, 2.75) is 39.8 Å². The summed E-state index contributed by atoms with van der Waals surface area (Å²) in [5, 5.41) is 0. The van der Waals surface area contributed by atoms with Crippen LogP contribution in [-0.2, 0) is 23.7 Å². The number of hydrogen-bond acceptors (Lipinski definition) is 8. The van der Waals surface area contributed by atoms with Gasteiger partial charge in [-0.25, -0.2) is 4.79 Å². The average Bonchev–Trinajstić information content (AvgIpc) is 2.53. The Hall–Kier alpha value is 0.140. The molecular formula is C14H28O5S3. The molecule has 0 aliphatic rings. The van der Waals surface area contributed by atoms with Crippen molar-refractivity contribution in [3.63, 3.8) is 0 Å². The lowest BCUT2D eigenvalue weighted by atomic mass is 10.4. The van der Waals surface area contributed by atoms with Crippen LogP contribution >= 0.6 is 31.4 Å². The Morgan fingerprint density at radius 2 is 1.41 bits per heavy atom. The molecule has 0 heterocycles. The number of carbonyl (C=O) groups excluding carboxylic acids is 1. The van der Waals surface area contributed by atoms with Crippen LogP contribution in [0, 0.1) is 0 Å². The largest absolute Gasteiger partial charge is 0.462 e. The number of methoxy groups -OCH3 is 3. The third-order valence-corrected chi connectivity index (χ3v) is 6.64. The molecular weight excluding hydrogens is 344 g/mol. The first-order valence-corrected chi connectivity index (χ1v) is 10.7. The zero-order valence-corrected chi connectivity index (χ0v) is 16.8. The maximum atomic E-state index is 11.1. The van der Waals surface area contributed by atoms with Gasteiger partial charge in [-0.05, 0) is 29.6 Å². The number of ether oxygens (including phenoxy) is 4. The normalized spacial score (nSPS) is 10.6. The zero-order chi connectivity index (χ0) is 17.4. The van der Waals surface area contributed by atoms with E-state index in [0.29, 0.717) is 0 Å². The summed E-state index contributed by atoms with van der Waals surface area (Å²) in [5.74, 6) is 1.94. The maximum Gasteiger partial charge on any atom is 0.462 e. The van der Waals surface area contributed by atoms with Gasteiger partial charge in [0.15, 0.2) is 0 Å². The SMILES string of the molecule is C=C(C)C(=O)OC(OC)(OC)OC.CCCSSSCCC. The molecule has 0 saturated carbocycles. The summed E-state index contributed by atoms with van der Waals surface area (Å²) in [4.78, 5) is 11.1. The smallest absolute Gasteiger partial charge is 0.380 e. The Labute approximate surface area is 146 Å². The molecule has 0 aromatic rings. The molecule has 0 amide bonds. The second-order valence-corrected chi connectivity index (χ2v) is 8.47. The van der Waals surface area contributed by atoms with Crippen LogP contribution in [0.4, 0.5) is 0 Å². The summed E-state index contributed by atoms with van der Waals surface area (Å²) in [5.41, 5.74) is 0.232. The van der Waals surface area contributed by atoms with Crippen LogP contribution in [0.25, 0.3) is 0 Å². The number of hydrogen-bond donors (Lipinski definition) is 0. The highest BCUT2D eigenvalue weighted by molar-refractivity contribution is 9.09. The lowest BCUT2D eigenvalue weighted by molar-refractivity contribution is -0.461. The lowest BCUT2D eigenvalue weighted by Crippen LogP contribution is -2.41. The Kier molecular flexibility index (Phi) is 17.8. The quantitative estimate of drug-likeness (QED) is 0.173. The molecule has 0 aromatic carbocycles. The van der Waals surface area contributed by atoms with Crippen molar-refractivity contribution in [2.75, 3.05) is 32.8 Å². The van der Waals surface area contributed by atoms with Gasteiger partial charge in [-0.1, -0.05) is 42.0 Å². The van der Waals surface area contributed by atoms with Gasteiger partial charge in [0.05, 0.1) is 0 Å². The van der Waals surface area contributed by atoms with E-state index in [1.54, 1.807) is 0 Å². The second-order valence-electron chi connectivity index (χ2n) is 3.99. The van der Waals surface area contributed by atoms with Crippen molar-refractivity contribution in [3.8, 4) is 0 Å². The summed E-state index contributed by atoms with van der Waals surface area (Å²) >= 11 is 0. The van der Waals surface area contributed by atoms with Crippen LogP contribution in [-0.4, -0.2) is 45.0 Å². The number of rotatable bonds is 11.